The highest BCUT2D eigenvalue weighted by Gasteiger charge is 1.97. The minimum atomic E-state index is -2.26. The maximum Gasteiger partial charge on any atom is 0.159 e. The van der Waals surface area contributed by atoms with Crippen LogP contribution in [-0.2, 0) is 9.71 Å². The van der Waals surface area contributed by atoms with Gasteiger partial charge in [0.25, 0.3) is 0 Å². The van der Waals surface area contributed by atoms with Gasteiger partial charge in [-0.3, -0.25) is 4.72 Å². The van der Waals surface area contributed by atoms with Crippen LogP contribution in [0.1, 0.15) is 0 Å². The molecule has 0 aromatic carbocycles. The minimum absolute atomic E-state index is 0.459. The Hall–Kier alpha value is -0.620. The molecule has 0 spiro atoms. The third-order valence-electron chi connectivity index (χ3n) is 0.952. The molecule has 0 aliphatic rings. The smallest absolute Gasteiger partial charge is 0.159 e. The molecule has 66 valence electrons. The molecule has 6 heteroatoms. The summed E-state index contributed by atoms with van der Waals surface area (Å²) in [5, 5.41) is 7.45. The van der Waals surface area contributed by atoms with Gasteiger partial charge in [0.05, 0.1) is 0 Å². The lowest BCUT2D eigenvalue weighted by Crippen LogP contribution is -2.10. The summed E-state index contributed by atoms with van der Waals surface area (Å²) in [7, 11) is -2.26. The van der Waals surface area contributed by atoms with Crippen molar-refractivity contribution in [3.8, 4) is 0 Å². The van der Waals surface area contributed by atoms with Gasteiger partial charge in [0, 0.05) is 16.0 Å². The van der Waals surface area contributed by atoms with Gasteiger partial charge in [-0.25, -0.2) is 4.21 Å². The Morgan fingerprint density at radius 3 is 2.67 bits per heavy atom. The number of nitrogens with zero attached hydrogens (tertiary/aromatic N) is 2. The topological polar surface area (TPSA) is 54.9 Å². The maximum absolute atomic E-state index is 11.1. The molecule has 0 saturated carbocycles. The summed E-state index contributed by atoms with van der Waals surface area (Å²) >= 11 is 3.14. The summed E-state index contributed by atoms with van der Waals surface area (Å²) in [4.78, 5) is 0. The van der Waals surface area contributed by atoms with Crippen LogP contribution >= 0.6 is 15.9 Å². The molecule has 0 aliphatic heterocycles. The van der Waals surface area contributed by atoms with Crippen LogP contribution in [-0.4, -0.2) is 26.5 Å². The average molecular weight is 250 g/mol. The predicted octanol–water partition coefficient (Wildman–Crippen LogP) is 0.912. The van der Waals surface area contributed by atoms with E-state index >= 15 is 0 Å². The van der Waals surface area contributed by atoms with E-state index in [1.165, 1.54) is 6.26 Å². The summed E-state index contributed by atoms with van der Waals surface area (Å²) in [6.45, 7) is 0. The van der Waals surface area contributed by atoms with Crippen molar-refractivity contribution < 1.29 is 4.21 Å². The van der Waals surface area contributed by atoms with Crippen LogP contribution in [0.5, 0.6) is 0 Å². The van der Waals surface area contributed by atoms with Gasteiger partial charge < -0.3 is 0 Å². The number of aromatic nitrogens is 2. The highest BCUT2D eigenvalue weighted by molar-refractivity contribution is 9.10. The fraction of sp³-hybridized carbons (Fsp3) is 0.167. The number of anilines is 1. The van der Waals surface area contributed by atoms with Crippen molar-refractivity contribution in [3.05, 3.63) is 16.7 Å². The summed E-state index contributed by atoms with van der Waals surface area (Å²) in [6, 6.07) is 3.38. The van der Waals surface area contributed by atoms with Gasteiger partial charge in [-0.15, -0.1) is 10.2 Å². The molecule has 4 nitrogen and oxygen atoms in total. The van der Waals surface area contributed by atoms with Gasteiger partial charge in [-0.2, -0.15) is 0 Å². The molecular weight excluding hydrogens is 242 g/mol. The van der Waals surface area contributed by atoms with Crippen LogP contribution in [0.2, 0.25) is 0 Å². The Morgan fingerprint density at radius 2 is 2.25 bits per heavy atom. The second-order valence-corrected chi connectivity index (χ2v) is 5.37. The zero-order valence-electron chi connectivity index (χ0n) is 6.45. The van der Waals surface area contributed by atoms with Gasteiger partial charge in [0.1, 0.15) is 4.60 Å². The molecule has 1 aromatic rings. The molecular formula is C6H8BrN3OS. The third kappa shape index (κ3) is 3.19. The van der Waals surface area contributed by atoms with Crippen molar-refractivity contribution in [3.63, 3.8) is 0 Å². The van der Waals surface area contributed by atoms with E-state index in [4.69, 9.17) is 0 Å². The molecule has 0 amide bonds. The molecule has 0 saturated heterocycles. The normalized spacial score (nSPS) is 15.2. The third-order valence-corrected chi connectivity index (χ3v) is 2.02. The van der Waals surface area contributed by atoms with Gasteiger partial charge in [0.2, 0.25) is 0 Å². The Labute approximate surface area is 79.7 Å². The zero-order valence-corrected chi connectivity index (χ0v) is 8.85. The average Bonchev–Trinajstić information content (AvgIpc) is 1.91. The Morgan fingerprint density at radius 1 is 1.58 bits per heavy atom. The van der Waals surface area contributed by atoms with Gasteiger partial charge >= 0.3 is 0 Å². The van der Waals surface area contributed by atoms with Crippen LogP contribution in [0, 0.1) is 0 Å². The predicted molar refractivity (Wildman–Crippen MR) is 54.5 cm³/mol. The molecule has 1 aromatic heterocycles. The molecule has 1 atom stereocenters. The minimum Gasteiger partial charge on any atom is -0.296 e. The van der Waals surface area contributed by atoms with Crippen molar-refractivity contribution in [2.24, 2.45) is 0 Å². The van der Waals surface area contributed by atoms with Crippen molar-refractivity contribution >= 4 is 37.3 Å². The quantitative estimate of drug-likeness (QED) is 0.794. The molecule has 0 radical (unpaired) electrons. The van der Waals surface area contributed by atoms with E-state index in [1.807, 2.05) is 0 Å². The second-order valence-electron chi connectivity index (χ2n) is 2.35. The largest absolute Gasteiger partial charge is 0.296 e. The lowest BCUT2D eigenvalue weighted by Gasteiger charge is -2.04. The van der Waals surface area contributed by atoms with E-state index < -0.39 is 9.71 Å². The molecule has 0 fully saturated rings. The summed E-state index contributed by atoms with van der Waals surface area (Å²) < 4.78 is 14.4. The van der Waals surface area contributed by atoms with Gasteiger partial charge in [-0.1, -0.05) is 0 Å². The maximum atomic E-state index is 11.1. The standard InChI is InChI=1S/C6H8BrN3OS/c1-12(2,11)10-6-4-3-5(7)8-9-6/h3-4H,1H2,2H3,(H,9,10,11). The zero-order chi connectivity index (χ0) is 9.19. The summed E-state index contributed by atoms with van der Waals surface area (Å²) in [5.41, 5.74) is 0. The SMILES string of the molecule is C=S(C)(=O)Nc1ccc(Br)nn1. The molecule has 12 heavy (non-hydrogen) atoms. The highest BCUT2D eigenvalue weighted by Crippen LogP contribution is 2.07. The van der Waals surface area contributed by atoms with E-state index in [9.17, 15) is 4.21 Å². The molecule has 1 heterocycles. The van der Waals surface area contributed by atoms with Gasteiger partial charge in [-0.05, 0) is 33.9 Å². The first kappa shape index (κ1) is 9.47. The first-order valence-electron chi connectivity index (χ1n) is 3.06. The fourth-order valence-corrected chi connectivity index (χ4v) is 1.35. The second kappa shape index (κ2) is 3.40. The molecule has 1 unspecified atom stereocenters. The van der Waals surface area contributed by atoms with Gasteiger partial charge in [0.15, 0.2) is 5.82 Å². The van der Waals surface area contributed by atoms with Crippen LogP contribution in [0.15, 0.2) is 16.7 Å². The molecule has 1 rings (SSSR count). The lowest BCUT2D eigenvalue weighted by molar-refractivity contribution is 0.688. The van der Waals surface area contributed by atoms with E-state index in [2.05, 4.69) is 36.7 Å². The number of hydrogen-bond acceptors (Lipinski definition) is 3. The van der Waals surface area contributed by atoms with Crippen LogP contribution in [0.4, 0.5) is 5.82 Å². The van der Waals surface area contributed by atoms with Crippen molar-refractivity contribution in [2.75, 3.05) is 11.0 Å². The van der Waals surface area contributed by atoms with E-state index in [0.29, 0.717) is 10.4 Å². The van der Waals surface area contributed by atoms with E-state index in [-0.39, 0.29) is 0 Å². The summed E-state index contributed by atoms with van der Waals surface area (Å²) in [5.74, 6) is 3.88. The fourth-order valence-electron chi connectivity index (χ4n) is 0.592. The lowest BCUT2D eigenvalue weighted by atomic mass is 10.6. The Bertz CT molecular complexity index is 359. The van der Waals surface area contributed by atoms with Crippen molar-refractivity contribution in [2.45, 2.75) is 0 Å². The van der Waals surface area contributed by atoms with Crippen LogP contribution in [0.3, 0.4) is 0 Å². The number of rotatable bonds is 2. The van der Waals surface area contributed by atoms with Crippen LogP contribution in [0.25, 0.3) is 0 Å². The van der Waals surface area contributed by atoms with E-state index in [1.54, 1.807) is 12.1 Å². The van der Waals surface area contributed by atoms with E-state index in [0.717, 1.165) is 0 Å². The molecule has 0 aliphatic carbocycles. The molecule has 0 bridgehead atoms. The number of hydrogen-bond donors (Lipinski definition) is 1. The summed E-state index contributed by atoms with van der Waals surface area (Å²) in [6.07, 6.45) is 1.50. The Balaban J connectivity index is 2.85. The molecule has 1 N–H and O–H groups in total. The monoisotopic (exact) mass is 249 g/mol. The number of halogens is 1. The number of nitrogens with one attached hydrogen (secondary N) is 1. The first-order chi connectivity index (χ1) is 5.47. The van der Waals surface area contributed by atoms with Crippen molar-refractivity contribution in [1.82, 2.24) is 10.2 Å². The first-order valence-corrected chi connectivity index (χ1v) is 5.99. The van der Waals surface area contributed by atoms with Crippen molar-refractivity contribution in [1.29, 1.82) is 0 Å². The highest BCUT2D eigenvalue weighted by atomic mass is 79.9. The Kier molecular flexibility index (Phi) is 2.69. The van der Waals surface area contributed by atoms with Crippen LogP contribution < -0.4 is 4.72 Å².